The number of nitrogens with one attached hydrogen (secondary N) is 1. The van der Waals surface area contributed by atoms with Crippen LogP contribution in [0.25, 0.3) is 0 Å². The molecule has 18 heavy (non-hydrogen) atoms. The molecule has 1 heterocycles. The SMILES string of the molecule is CSC1(CNC(=O)c2ccc(C(=O)O)cn2)CC1. The second-order valence-corrected chi connectivity index (χ2v) is 5.58. The Morgan fingerprint density at radius 3 is 2.67 bits per heavy atom. The number of aromatic nitrogens is 1. The largest absolute Gasteiger partial charge is 0.478 e. The van der Waals surface area contributed by atoms with E-state index in [0.29, 0.717) is 6.54 Å². The van der Waals surface area contributed by atoms with Crippen molar-refractivity contribution in [2.45, 2.75) is 17.6 Å². The van der Waals surface area contributed by atoms with Gasteiger partial charge in [-0.1, -0.05) is 0 Å². The summed E-state index contributed by atoms with van der Waals surface area (Å²) in [6.07, 6.45) is 5.48. The van der Waals surface area contributed by atoms with Gasteiger partial charge >= 0.3 is 5.97 Å². The van der Waals surface area contributed by atoms with E-state index in [9.17, 15) is 9.59 Å². The molecule has 1 aromatic heterocycles. The second kappa shape index (κ2) is 4.97. The first-order valence-corrected chi connectivity index (χ1v) is 6.81. The number of pyridine rings is 1. The van der Waals surface area contributed by atoms with Crippen molar-refractivity contribution >= 4 is 23.6 Å². The van der Waals surface area contributed by atoms with Gasteiger partial charge in [-0.15, -0.1) is 0 Å². The van der Waals surface area contributed by atoms with E-state index < -0.39 is 5.97 Å². The molecule has 0 saturated heterocycles. The minimum absolute atomic E-state index is 0.0781. The number of thioether (sulfide) groups is 1. The van der Waals surface area contributed by atoms with Crippen LogP contribution in [0.1, 0.15) is 33.7 Å². The Hall–Kier alpha value is -1.56. The molecule has 0 unspecified atom stereocenters. The average Bonchev–Trinajstić information content (AvgIpc) is 3.17. The monoisotopic (exact) mass is 266 g/mol. The molecular weight excluding hydrogens is 252 g/mol. The Balaban J connectivity index is 1.94. The number of nitrogens with zero attached hydrogens (tertiary/aromatic N) is 1. The summed E-state index contributed by atoms with van der Waals surface area (Å²) in [4.78, 5) is 26.3. The number of amides is 1. The van der Waals surface area contributed by atoms with Crippen molar-refractivity contribution in [1.82, 2.24) is 10.3 Å². The zero-order chi connectivity index (χ0) is 13.2. The fraction of sp³-hybridized carbons (Fsp3) is 0.417. The summed E-state index contributed by atoms with van der Waals surface area (Å²) in [5, 5.41) is 11.6. The van der Waals surface area contributed by atoms with Crippen LogP contribution in [0.2, 0.25) is 0 Å². The van der Waals surface area contributed by atoms with E-state index in [0.717, 1.165) is 12.8 Å². The zero-order valence-electron chi connectivity index (χ0n) is 9.97. The van der Waals surface area contributed by atoms with Crippen molar-refractivity contribution in [3.05, 3.63) is 29.6 Å². The standard InChI is InChI=1S/C12H14N2O3S/c1-18-12(4-5-12)7-14-10(15)9-3-2-8(6-13-9)11(16)17/h2-3,6H,4-5,7H2,1H3,(H,14,15)(H,16,17). The molecule has 2 rings (SSSR count). The predicted octanol–water partition coefficient (Wildman–Crippen LogP) is 1.41. The van der Waals surface area contributed by atoms with Gasteiger partial charge in [-0.2, -0.15) is 11.8 Å². The first-order valence-electron chi connectivity index (χ1n) is 5.59. The van der Waals surface area contributed by atoms with E-state index in [1.54, 1.807) is 11.8 Å². The van der Waals surface area contributed by atoms with Gasteiger partial charge < -0.3 is 10.4 Å². The van der Waals surface area contributed by atoms with Gasteiger partial charge in [0.05, 0.1) is 5.56 Å². The van der Waals surface area contributed by atoms with Gasteiger partial charge in [0, 0.05) is 17.5 Å². The van der Waals surface area contributed by atoms with E-state index in [-0.39, 0.29) is 21.9 Å². The number of carbonyl (C=O) groups is 2. The first-order chi connectivity index (χ1) is 8.56. The molecule has 0 radical (unpaired) electrons. The van der Waals surface area contributed by atoms with Gasteiger partial charge in [0.25, 0.3) is 5.91 Å². The molecule has 0 atom stereocenters. The highest BCUT2D eigenvalue weighted by Gasteiger charge is 2.41. The average molecular weight is 266 g/mol. The molecular formula is C12H14N2O3S. The van der Waals surface area contributed by atoms with Gasteiger partial charge in [0.1, 0.15) is 5.69 Å². The zero-order valence-corrected chi connectivity index (χ0v) is 10.8. The van der Waals surface area contributed by atoms with E-state index in [2.05, 4.69) is 10.3 Å². The Morgan fingerprint density at radius 2 is 2.22 bits per heavy atom. The lowest BCUT2D eigenvalue weighted by Gasteiger charge is -2.12. The topological polar surface area (TPSA) is 79.3 Å². The van der Waals surface area contributed by atoms with Crippen molar-refractivity contribution in [2.75, 3.05) is 12.8 Å². The van der Waals surface area contributed by atoms with Crippen molar-refractivity contribution in [2.24, 2.45) is 0 Å². The molecule has 1 fully saturated rings. The van der Waals surface area contributed by atoms with Crippen LogP contribution in [0.5, 0.6) is 0 Å². The minimum Gasteiger partial charge on any atom is -0.478 e. The molecule has 0 aromatic carbocycles. The maximum Gasteiger partial charge on any atom is 0.337 e. The summed E-state index contributed by atoms with van der Waals surface area (Å²) in [5.41, 5.74) is 0.325. The molecule has 1 aromatic rings. The molecule has 96 valence electrons. The van der Waals surface area contributed by atoms with E-state index >= 15 is 0 Å². The number of aromatic carboxylic acids is 1. The first kappa shape index (κ1) is 12.9. The quantitative estimate of drug-likeness (QED) is 0.842. The molecule has 1 aliphatic carbocycles. The summed E-state index contributed by atoms with van der Waals surface area (Å²) in [6.45, 7) is 0.634. The van der Waals surface area contributed by atoms with E-state index in [4.69, 9.17) is 5.11 Å². The van der Waals surface area contributed by atoms with Crippen LogP contribution in [0.15, 0.2) is 18.3 Å². The van der Waals surface area contributed by atoms with Crippen LogP contribution >= 0.6 is 11.8 Å². The Bertz CT molecular complexity index is 469. The Kier molecular flexibility index (Phi) is 3.56. The van der Waals surface area contributed by atoms with Crippen LogP contribution in [0, 0.1) is 0 Å². The van der Waals surface area contributed by atoms with E-state index in [1.165, 1.54) is 18.3 Å². The highest BCUT2D eigenvalue weighted by atomic mass is 32.2. The fourth-order valence-electron chi connectivity index (χ4n) is 1.58. The second-order valence-electron chi connectivity index (χ2n) is 4.31. The number of carboxylic acid groups (broad SMARTS) is 1. The number of rotatable bonds is 5. The molecule has 6 heteroatoms. The van der Waals surface area contributed by atoms with Crippen LogP contribution in [0.4, 0.5) is 0 Å². The van der Waals surface area contributed by atoms with E-state index in [1.807, 2.05) is 6.26 Å². The smallest absolute Gasteiger partial charge is 0.337 e. The number of hydrogen-bond donors (Lipinski definition) is 2. The number of hydrogen-bond acceptors (Lipinski definition) is 4. The molecule has 1 amide bonds. The lowest BCUT2D eigenvalue weighted by atomic mass is 10.2. The third-order valence-corrected chi connectivity index (χ3v) is 4.47. The highest BCUT2D eigenvalue weighted by Crippen LogP contribution is 2.46. The van der Waals surface area contributed by atoms with Gasteiger partial charge in [-0.3, -0.25) is 9.78 Å². The maximum atomic E-state index is 11.8. The number of carbonyl (C=O) groups excluding carboxylic acids is 1. The summed E-state index contributed by atoms with van der Waals surface area (Å²) in [5.74, 6) is -1.30. The van der Waals surface area contributed by atoms with Crippen molar-refractivity contribution in [3.8, 4) is 0 Å². The summed E-state index contributed by atoms with van der Waals surface area (Å²) in [6, 6.07) is 2.81. The fourth-order valence-corrected chi connectivity index (χ4v) is 2.31. The number of carboxylic acids is 1. The normalized spacial score (nSPS) is 16.1. The Morgan fingerprint density at radius 1 is 1.50 bits per heavy atom. The molecule has 1 aliphatic rings. The molecule has 2 N–H and O–H groups in total. The van der Waals surface area contributed by atoms with Crippen LogP contribution in [0.3, 0.4) is 0 Å². The molecule has 0 bridgehead atoms. The van der Waals surface area contributed by atoms with Crippen molar-refractivity contribution < 1.29 is 14.7 Å². The van der Waals surface area contributed by atoms with Crippen LogP contribution < -0.4 is 5.32 Å². The third-order valence-electron chi connectivity index (χ3n) is 3.05. The van der Waals surface area contributed by atoms with Crippen molar-refractivity contribution in [3.63, 3.8) is 0 Å². The predicted molar refractivity (Wildman–Crippen MR) is 69.0 cm³/mol. The minimum atomic E-state index is -1.05. The summed E-state index contributed by atoms with van der Waals surface area (Å²) >= 11 is 1.77. The Labute approximate surface area is 109 Å². The maximum absolute atomic E-state index is 11.8. The third kappa shape index (κ3) is 2.81. The molecule has 0 spiro atoms. The summed E-state index contributed by atoms with van der Waals surface area (Å²) in [7, 11) is 0. The molecule has 0 aliphatic heterocycles. The lowest BCUT2D eigenvalue weighted by molar-refractivity contribution is 0.0695. The van der Waals surface area contributed by atoms with Crippen LogP contribution in [-0.4, -0.2) is 39.5 Å². The lowest BCUT2D eigenvalue weighted by Crippen LogP contribution is -2.32. The van der Waals surface area contributed by atoms with Crippen LogP contribution in [-0.2, 0) is 0 Å². The summed E-state index contributed by atoms with van der Waals surface area (Å²) < 4.78 is 0.205. The highest BCUT2D eigenvalue weighted by molar-refractivity contribution is 8.00. The van der Waals surface area contributed by atoms with Gasteiger partial charge in [-0.25, -0.2) is 4.79 Å². The van der Waals surface area contributed by atoms with Gasteiger partial charge in [0.2, 0.25) is 0 Å². The van der Waals surface area contributed by atoms with Crippen molar-refractivity contribution in [1.29, 1.82) is 0 Å². The molecule has 5 nitrogen and oxygen atoms in total. The molecule has 1 saturated carbocycles. The van der Waals surface area contributed by atoms with Gasteiger partial charge in [-0.05, 0) is 31.2 Å². The van der Waals surface area contributed by atoms with Gasteiger partial charge in [0.15, 0.2) is 0 Å².